The molecule has 154 valence electrons. The number of halogens is 1. The Morgan fingerprint density at radius 3 is 2.34 bits per heavy atom. The van der Waals surface area contributed by atoms with E-state index in [2.05, 4.69) is 17.3 Å². The number of benzene rings is 1. The number of nitrogens with zero attached hydrogens (tertiary/aromatic N) is 2. The number of carbonyl (C=O) groups excluding carboxylic acids is 2. The molecule has 0 aromatic heterocycles. The normalized spacial score (nSPS) is 28.0. The van der Waals surface area contributed by atoms with Crippen molar-refractivity contribution in [3.8, 4) is 11.5 Å². The lowest BCUT2D eigenvalue weighted by Gasteiger charge is -2.24. The van der Waals surface area contributed by atoms with Gasteiger partial charge >= 0.3 is 0 Å². The third kappa shape index (κ3) is 3.54. The maximum atomic E-state index is 12.7. The van der Waals surface area contributed by atoms with Crippen LogP contribution in [-0.2, 0) is 9.59 Å². The Morgan fingerprint density at radius 1 is 1.17 bits per heavy atom. The lowest BCUT2D eigenvalue weighted by atomic mass is 9.85. The van der Waals surface area contributed by atoms with E-state index in [0.717, 1.165) is 11.4 Å². The second-order valence-corrected chi connectivity index (χ2v) is 9.12. The molecule has 4 atom stereocenters. The number of carbonyl (C=O) groups is 2. The highest BCUT2D eigenvalue weighted by Gasteiger charge is 2.59. The van der Waals surface area contributed by atoms with Gasteiger partial charge in [-0.1, -0.05) is 23.8 Å². The summed E-state index contributed by atoms with van der Waals surface area (Å²) in [5.74, 6) is 0.329. The molecule has 3 aliphatic rings. The van der Waals surface area contributed by atoms with Crippen LogP contribution in [0.25, 0.3) is 0 Å². The largest absolute Gasteiger partial charge is 0.490 e. The first-order chi connectivity index (χ1) is 13.7. The van der Waals surface area contributed by atoms with Crippen LogP contribution in [0.5, 0.6) is 11.5 Å². The van der Waals surface area contributed by atoms with Crippen LogP contribution in [0.3, 0.4) is 0 Å². The van der Waals surface area contributed by atoms with Crippen LogP contribution in [0, 0.1) is 23.7 Å². The summed E-state index contributed by atoms with van der Waals surface area (Å²) in [7, 11) is 0. The van der Waals surface area contributed by atoms with E-state index in [0.29, 0.717) is 28.7 Å². The van der Waals surface area contributed by atoms with Crippen molar-refractivity contribution in [1.82, 2.24) is 5.01 Å². The molecule has 7 heteroatoms. The third-order valence-electron chi connectivity index (χ3n) is 5.51. The van der Waals surface area contributed by atoms with Crippen LogP contribution in [0.4, 0.5) is 0 Å². The summed E-state index contributed by atoms with van der Waals surface area (Å²) in [5.41, 5.74) is 0.184. The van der Waals surface area contributed by atoms with Gasteiger partial charge in [0.1, 0.15) is 5.60 Å². The zero-order chi connectivity index (χ0) is 20.9. The van der Waals surface area contributed by atoms with Gasteiger partial charge in [-0.3, -0.25) is 9.59 Å². The average Bonchev–Trinajstić information content (AvgIpc) is 3.30. The van der Waals surface area contributed by atoms with Gasteiger partial charge in [-0.15, -0.1) is 0 Å². The van der Waals surface area contributed by atoms with Crippen molar-refractivity contribution in [2.45, 2.75) is 39.7 Å². The Hall–Kier alpha value is -2.34. The van der Waals surface area contributed by atoms with Crippen LogP contribution in [0.15, 0.2) is 29.4 Å². The van der Waals surface area contributed by atoms with Crippen LogP contribution >= 0.6 is 11.6 Å². The standard InChI is InChI=1S/C22H25ClN2O4/c1-5-28-16-9-12(8-15(23)19(16)29-22(2,3)4)11-24-25-20(26)17-13-6-7-14(10-13)18(17)21(25)27/h6-9,11,13-14,17-18H,5,10H2,1-4H3/t13-,14-,17-,18+/m0/s1. The Labute approximate surface area is 175 Å². The van der Waals surface area contributed by atoms with Crippen molar-refractivity contribution in [1.29, 1.82) is 0 Å². The zero-order valence-electron chi connectivity index (χ0n) is 17.0. The van der Waals surface area contributed by atoms with Gasteiger partial charge in [-0.2, -0.15) is 10.1 Å². The molecule has 2 fully saturated rings. The van der Waals surface area contributed by atoms with Crippen LogP contribution in [-0.4, -0.2) is 35.2 Å². The molecule has 1 saturated heterocycles. The molecule has 1 aromatic carbocycles. The van der Waals surface area contributed by atoms with E-state index in [4.69, 9.17) is 21.1 Å². The highest BCUT2D eigenvalue weighted by atomic mass is 35.5. The molecule has 2 aliphatic carbocycles. The Kier molecular flexibility index (Phi) is 4.93. The molecule has 2 bridgehead atoms. The summed E-state index contributed by atoms with van der Waals surface area (Å²) in [6, 6.07) is 3.43. The lowest BCUT2D eigenvalue weighted by molar-refractivity contribution is -0.140. The number of ether oxygens (including phenoxy) is 2. The first kappa shape index (κ1) is 20.0. The number of allylic oxidation sites excluding steroid dienone is 2. The molecular weight excluding hydrogens is 392 g/mol. The summed E-state index contributed by atoms with van der Waals surface area (Å²) in [6.45, 7) is 8.10. The molecular formula is C22H25ClN2O4. The van der Waals surface area contributed by atoms with Crippen LogP contribution in [0.1, 0.15) is 39.7 Å². The van der Waals surface area contributed by atoms with Crippen LogP contribution < -0.4 is 9.47 Å². The number of imide groups is 1. The summed E-state index contributed by atoms with van der Waals surface area (Å²) in [5, 5.41) is 5.61. The van der Waals surface area contributed by atoms with E-state index in [-0.39, 0.29) is 35.5 Å². The first-order valence-electron chi connectivity index (χ1n) is 9.95. The SMILES string of the molecule is CCOc1cc(C=NN2C(=O)[C@@H]3[C@H](C2=O)[C@H]2C=C[C@H]3C2)cc(Cl)c1OC(C)(C)C. The van der Waals surface area contributed by atoms with Gasteiger partial charge in [0, 0.05) is 0 Å². The topological polar surface area (TPSA) is 68.2 Å². The number of hydrazone groups is 1. The van der Waals surface area contributed by atoms with Gasteiger partial charge in [0.05, 0.1) is 29.7 Å². The van der Waals surface area contributed by atoms with Crippen molar-refractivity contribution in [2.24, 2.45) is 28.8 Å². The molecule has 4 rings (SSSR count). The highest BCUT2D eigenvalue weighted by Crippen LogP contribution is 2.52. The second-order valence-electron chi connectivity index (χ2n) is 8.71. The summed E-state index contributed by atoms with van der Waals surface area (Å²) < 4.78 is 11.6. The van der Waals surface area contributed by atoms with Crippen molar-refractivity contribution < 1.29 is 19.1 Å². The molecule has 0 N–H and O–H groups in total. The molecule has 1 aromatic rings. The van der Waals surface area contributed by atoms with E-state index in [9.17, 15) is 9.59 Å². The molecule has 2 amide bonds. The fourth-order valence-corrected chi connectivity index (χ4v) is 4.71. The van der Waals surface area contributed by atoms with Gasteiger partial charge in [0.2, 0.25) is 0 Å². The molecule has 0 unspecified atom stereocenters. The van der Waals surface area contributed by atoms with Crippen LogP contribution in [0.2, 0.25) is 5.02 Å². The van der Waals surface area contributed by atoms with E-state index in [1.165, 1.54) is 6.21 Å². The predicted molar refractivity (Wildman–Crippen MR) is 110 cm³/mol. The smallest absolute Gasteiger partial charge is 0.254 e. The molecule has 6 nitrogen and oxygen atoms in total. The maximum absolute atomic E-state index is 12.7. The minimum Gasteiger partial charge on any atom is -0.490 e. The quantitative estimate of drug-likeness (QED) is 0.412. The minimum absolute atomic E-state index is 0.162. The molecule has 29 heavy (non-hydrogen) atoms. The van der Waals surface area contributed by atoms with E-state index in [1.807, 2.05) is 27.7 Å². The Morgan fingerprint density at radius 2 is 1.79 bits per heavy atom. The Balaban J connectivity index is 1.59. The molecule has 0 spiro atoms. The number of amides is 2. The number of fused-ring (bicyclic) bond motifs is 5. The number of hydrogen-bond acceptors (Lipinski definition) is 5. The molecule has 0 radical (unpaired) electrons. The fraction of sp³-hybridized carbons (Fsp3) is 0.500. The second kappa shape index (κ2) is 7.17. The van der Waals surface area contributed by atoms with Gasteiger partial charge in [-0.25, -0.2) is 0 Å². The number of hydrogen-bond donors (Lipinski definition) is 0. The third-order valence-corrected chi connectivity index (χ3v) is 5.79. The maximum Gasteiger partial charge on any atom is 0.254 e. The van der Waals surface area contributed by atoms with E-state index in [1.54, 1.807) is 12.1 Å². The predicted octanol–water partition coefficient (Wildman–Crippen LogP) is 4.06. The van der Waals surface area contributed by atoms with Crippen molar-refractivity contribution in [3.05, 3.63) is 34.9 Å². The Bertz CT molecular complexity index is 888. The molecule has 1 heterocycles. The van der Waals surface area contributed by atoms with Gasteiger partial charge in [0.15, 0.2) is 11.5 Å². The van der Waals surface area contributed by atoms with Gasteiger partial charge in [-0.05, 0) is 63.6 Å². The average molecular weight is 417 g/mol. The first-order valence-corrected chi connectivity index (χ1v) is 10.3. The number of rotatable bonds is 5. The van der Waals surface area contributed by atoms with Crippen molar-refractivity contribution >= 4 is 29.6 Å². The monoisotopic (exact) mass is 416 g/mol. The molecule has 1 aliphatic heterocycles. The highest BCUT2D eigenvalue weighted by molar-refractivity contribution is 6.32. The molecule has 1 saturated carbocycles. The summed E-state index contributed by atoms with van der Waals surface area (Å²) in [6.07, 6.45) is 6.49. The van der Waals surface area contributed by atoms with E-state index >= 15 is 0 Å². The fourth-order valence-electron chi connectivity index (χ4n) is 4.46. The summed E-state index contributed by atoms with van der Waals surface area (Å²) >= 11 is 6.43. The lowest BCUT2D eigenvalue weighted by Crippen LogP contribution is -2.28. The zero-order valence-corrected chi connectivity index (χ0v) is 17.8. The minimum atomic E-state index is -0.440. The van der Waals surface area contributed by atoms with Crippen molar-refractivity contribution in [2.75, 3.05) is 6.61 Å². The van der Waals surface area contributed by atoms with E-state index < -0.39 is 5.60 Å². The van der Waals surface area contributed by atoms with Gasteiger partial charge in [0.25, 0.3) is 11.8 Å². The van der Waals surface area contributed by atoms with Crippen molar-refractivity contribution in [3.63, 3.8) is 0 Å². The summed E-state index contributed by atoms with van der Waals surface area (Å²) in [4.78, 5) is 25.5. The van der Waals surface area contributed by atoms with Gasteiger partial charge < -0.3 is 9.47 Å².